The first-order valence-corrected chi connectivity index (χ1v) is 12.3. The molecule has 4 heterocycles. The number of carbonyl (C=O) groups is 1. The molecule has 0 radical (unpaired) electrons. The molecule has 150 valence electrons. The molecule has 0 unspecified atom stereocenters. The van der Waals surface area contributed by atoms with Gasteiger partial charge in [-0.1, -0.05) is 25.6 Å². The van der Waals surface area contributed by atoms with Crippen LogP contribution in [0.2, 0.25) is 0 Å². The first-order valence-electron chi connectivity index (χ1n) is 9.64. The third kappa shape index (κ3) is 3.43. The van der Waals surface area contributed by atoms with Crippen molar-refractivity contribution in [3.63, 3.8) is 0 Å². The van der Waals surface area contributed by atoms with E-state index in [0.29, 0.717) is 10.3 Å². The minimum Gasteiger partial charge on any atom is -0.301 e. The van der Waals surface area contributed by atoms with Crippen LogP contribution in [0.3, 0.4) is 0 Å². The van der Waals surface area contributed by atoms with Crippen molar-refractivity contribution in [1.29, 1.82) is 0 Å². The average molecular weight is 445 g/mol. The van der Waals surface area contributed by atoms with Crippen LogP contribution < -0.4 is 5.32 Å². The predicted octanol–water partition coefficient (Wildman–Crippen LogP) is 4.21. The van der Waals surface area contributed by atoms with E-state index in [1.54, 1.807) is 6.20 Å². The van der Waals surface area contributed by atoms with Gasteiger partial charge in [-0.2, -0.15) is 0 Å². The number of hydrogen-bond donors (Lipinski definition) is 1. The minimum absolute atomic E-state index is 0.101. The maximum atomic E-state index is 12.3. The van der Waals surface area contributed by atoms with E-state index in [9.17, 15) is 4.79 Å². The summed E-state index contributed by atoms with van der Waals surface area (Å²) in [5, 5.41) is 16.1. The second-order valence-electron chi connectivity index (χ2n) is 7.23. The number of amides is 1. The smallest absolute Gasteiger partial charge is 0.236 e. The Balaban J connectivity index is 1.50. The van der Waals surface area contributed by atoms with E-state index in [1.807, 2.05) is 21.1 Å². The lowest BCUT2D eigenvalue weighted by Gasteiger charge is -2.17. The molecule has 4 aromatic heterocycles. The standard InChI is InChI=1S/C19H20N6OS3/c1-3-13-21-17-15(11-5-4-10(2)8-12(11)29-17)16-23-24-19(25(13)16)28-9-14(26)22-18-20-6-7-27-18/h6-7,10H,3-5,8-9H2,1-2H3,(H,20,22,26)/t10-/m0/s1. The zero-order valence-electron chi connectivity index (χ0n) is 16.1. The Labute approximate surface area is 180 Å². The number of carbonyl (C=O) groups excluding carboxylic acids is 1. The molecule has 7 nitrogen and oxygen atoms in total. The van der Waals surface area contributed by atoms with Gasteiger partial charge in [0, 0.05) is 22.9 Å². The fraction of sp³-hybridized carbons (Fsp3) is 0.421. The molecule has 1 aliphatic carbocycles. The molecule has 1 amide bonds. The number of aromatic nitrogens is 5. The van der Waals surface area contributed by atoms with Crippen molar-refractivity contribution in [3.8, 4) is 0 Å². The van der Waals surface area contributed by atoms with Crippen LogP contribution in [0.15, 0.2) is 16.7 Å². The van der Waals surface area contributed by atoms with Crippen LogP contribution >= 0.6 is 34.4 Å². The summed E-state index contributed by atoms with van der Waals surface area (Å²) in [7, 11) is 0. The number of fused-ring (bicyclic) bond motifs is 5. The van der Waals surface area contributed by atoms with Gasteiger partial charge in [0.15, 0.2) is 15.9 Å². The Hall–Kier alpha value is -2.04. The molecule has 1 aliphatic rings. The van der Waals surface area contributed by atoms with Gasteiger partial charge in [0.25, 0.3) is 0 Å². The third-order valence-electron chi connectivity index (χ3n) is 5.17. The highest BCUT2D eigenvalue weighted by molar-refractivity contribution is 7.99. The number of rotatable bonds is 5. The molecule has 29 heavy (non-hydrogen) atoms. The Morgan fingerprint density at radius 1 is 1.41 bits per heavy atom. The lowest BCUT2D eigenvalue weighted by atomic mass is 9.89. The van der Waals surface area contributed by atoms with Crippen molar-refractivity contribution < 1.29 is 4.79 Å². The van der Waals surface area contributed by atoms with E-state index in [0.717, 1.165) is 46.9 Å². The van der Waals surface area contributed by atoms with Crippen LogP contribution in [-0.2, 0) is 24.1 Å². The molecular formula is C19H20N6OS3. The summed E-state index contributed by atoms with van der Waals surface area (Å²) in [5.74, 6) is 1.81. The quantitative estimate of drug-likeness (QED) is 0.464. The number of nitrogens with one attached hydrogen (secondary N) is 1. The normalized spacial score (nSPS) is 16.4. The highest BCUT2D eigenvalue weighted by Crippen LogP contribution is 2.39. The molecule has 0 saturated carbocycles. The lowest BCUT2D eigenvalue weighted by molar-refractivity contribution is -0.113. The molecule has 0 fully saturated rings. The lowest BCUT2D eigenvalue weighted by Crippen LogP contribution is -2.14. The van der Waals surface area contributed by atoms with Crippen molar-refractivity contribution in [2.24, 2.45) is 5.92 Å². The summed E-state index contributed by atoms with van der Waals surface area (Å²) in [5.41, 5.74) is 2.27. The van der Waals surface area contributed by atoms with E-state index in [2.05, 4.69) is 34.3 Å². The van der Waals surface area contributed by atoms with E-state index in [-0.39, 0.29) is 11.7 Å². The molecule has 0 aliphatic heterocycles. The van der Waals surface area contributed by atoms with E-state index in [1.165, 1.54) is 40.0 Å². The second-order valence-corrected chi connectivity index (χ2v) is 10.1. The van der Waals surface area contributed by atoms with Gasteiger partial charge >= 0.3 is 0 Å². The summed E-state index contributed by atoms with van der Waals surface area (Å²) in [6.45, 7) is 4.41. The minimum atomic E-state index is -0.101. The van der Waals surface area contributed by atoms with Crippen LogP contribution in [0.5, 0.6) is 0 Å². The number of thiazole rings is 1. The summed E-state index contributed by atoms with van der Waals surface area (Å²) in [6.07, 6.45) is 5.85. The van der Waals surface area contributed by atoms with Gasteiger partial charge in [0.1, 0.15) is 10.7 Å². The monoisotopic (exact) mass is 444 g/mol. The van der Waals surface area contributed by atoms with Crippen LogP contribution in [0.4, 0.5) is 5.13 Å². The maximum Gasteiger partial charge on any atom is 0.236 e. The Morgan fingerprint density at radius 3 is 3.10 bits per heavy atom. The van der Waals surface area contributed by atoms with Gasteiger partial charge in [-0.15, -0.1) is 32.9 Å². The molecule has 0 saturated heterocycles. The molecule has 5 rings (SSSR count). The maximum absolute atomic E-state index is 12.3. The summed E-state index contributed by atoms with van der Waals surface area (Å²) in [4.78, 5) is 23.8. The predicted molar refractivity (Wildman–Crippen MR) is 118 cm³/mol. The Morgan fingerprint density at radius 2 is 2.31 bits per heavy atom. The summed E-state index contributed by atoms with van der Waals surface area (Å²) in [6, 6.07) is 0. The van der Waals surface area contributed by atoms with E-state index in [4.69, 9.17) is 4.98 Å². The van der Waals surface area contributed by atoms with Crippen molar-refractivity contribution in [2.75, 3.05) is 11.1 Å². The van der Waals surface area contributed by atoms with Gasteiger partial charge in [-0.25, -0.2) is 9.97 Å². The van der Waals surface area contributed by atoms with Crippen LogP contribution in [0, 0.1) is 5.92 Å². The number of thioether (sulfide) groups is 1. The van der Waals surface area contributed by atoms with Gasteiger partial charge in [-0.3, -0.25) is 9.20 Å². The van der Waals surface area contributed by atoms with Crippen LogP contribution in [0.25, 0.3) is 15.9 Å². The number of thiophene rings is 1. The fourth-order valence-electron chi connectivity index (χ4n) is 3.78. The largest absolute Gasteiger partial charge is 0.301 e. The van der Waals surface area contributed by atoms with Crippen molar-refractivity contribution in [3.05, 3.63) is 27.8 Å². The SMILES string of the molecule is CCc1nc2sc3c(c2c2nnc(SCC(=O)Nc4nccs4)n12)CC[C@H](C)C3. The number of hydrogen-bond acceptors (Lipinski definition) is 8. The highest BCUT2D eigenvalue weighted by atomic mass is 32.2. The van der Waals surface area contributed by atoms with E-state index < -0.39 is 0 Å². The topological polar surface area (TPSA) is 85.1 Å². The first-order chi connectivity index (χ1) is 14.1. The van der Waals surface area contributed by atoms with Crippen molar-refractivity contribution in [2.45, 2.75) is 44.7 Å². The van der Waals surface area contributed by atoms with Gasteiger partial charge in [-0.05, 0) is 30.7 Å². The highest BCUT2D eigenvalue weighted by Gasteiger charge is 2.25. The zero-order chi connectivity index (χ0) is 20.0. The first kappa shape index (κ1) is 19.0. The number of nitrogens with zero attached hydrogens (tertiary/aromatic N) is 5. The third-order valence-corrected chi connectivity index (χ3v) is 7.93. The number of aryl methyl sites for hydroxylation is 2. The molecule has 1 N–H and O–H groups in total. The molecule has 0 spiro atoms. The van der Waals surface area contributed by atoms with E-state index >= 15 is 0 Å². The van der Waals surface area contributed by atoms with Crippen molar-refractivity contribution in [1.82, 2.24) is 24.6 Å². The second kappa shape index (κ2) is 7.66. The zero-order valence-corrected chi connectivity index (χ0v) is 18.6. The van der Waals surface area contributed by atoms with Crippen molar-refractivity contribution >= 4 is 61.3 Å². The number of anilines is 1. The molecule has 10 heteroatoms. The Bertz CT molecular complexity index is 1200. The van der Waals surface area contributed by atoms with Crippen LogP contribution in [-0.4, -0.2) is 36.2 Å². The summed E-state index contributed by atoms with van der Waals surface area (Å²) < 4.78 is 2.04. The van der Waals surface area contributed by atoms with Gasteiger partial charge in [0.2, 0.25) is 5.91 Å². The fourth-order valence-corrected chi connectivity index (χ4v) is 6.47. The van der Waals surface area contributed by atoms with Gasteiger partial charge in [0.05, 0.1) is 11.1 Å². The molecule has 0 aromatic carbocycles. The average Bonchev–Trinajstić information content (AvgIpc) is 3.43. The molecule has 1 atom stereocenters. The Kier molecular flexibility index (Phi) is 5.00. The molecule has 0 bridgehead atoms. The molecular weight excluding hydrogens is 424 g/mol. The van der Waals surface area contributed by atoms with Crippen LogP contribution in [0.1, 0.15) is 36.5 Å². The summed E-state index contributed by atoms with van der Waals surface area (Å²) >= 11 is 4.60. The molecule has 4 aromatic rings. The van der Waals surface area contributed by atoms with Gasteiger partial charge < -0.3 is 5.32 Å².